The minimum atomic E-state index is -0.625. The Hall–Kier alpha value is -1.10. The fourth-order valence-electron chi connectivity index (χ4n) is 4.64. The Morgan fingerprint density at radius 1 is 0.917 bits per heavy atom. The molecule has 1 aliphatic carbocycles. The standard InChI is InChI=1S/C20H30N2O2/c23-20(9-7-19(8-10-20)21-11-1-2-12-21)17-3-5-18(6-4-17)22-13-15-24-16-14-22/h3-6,19,23H,1-2,7-16H2. The second-order valence-electron chi connectivity index (χ2n) is 7.65. The highest BCUT2D eigenvalue weighted by molar-refractivity contribution is 5.48. The van der Waals surface area contributed by atoms with Crippen molar-refractivity contribution in [2.45, 2.75) is 50.2 Å². The topological polar surface area (TPSA) is 35.9 Å². The summed E-state index contributed by atoms with van der Waals surface area (Å²) < 4.78 is 5.42. The molecule has 0 aromatic heterocycles. The Morgan fingerprint density at radius 2 is 1.54 bits per heavy atom. The highest BCUT2D eigenvalue weighted by Gasteiger charge is 2.37. The van der Waals surface area contributed by atoms with Gasteiger partial charge in [0.05, 0.1) is 18.8 Å². The van der Waals surface area contributed by atoms with Gasteiger partial charge in [-0.15, -0.1) is 0 Å². The van der Waals surface area contributed by atoms with Crippen LogP contribution in [0.1, 0.15) is 44.1 Å². The molecule has 0 spiro atoms. The average molecular weight is 330 g/mol. The summed E-state index contributed by atoms with van der Waals surface area (Å²) >= 11 is 0. The molecule has 2 aliphatic heterocycles. The minimum absolute atomic E-state index is 0.625. The van der Waals surface area contributed by atoms with Crippen molar-refractivity contribution in [1.29, 1.82) is 0 Å². The lowest BCUT2D eigenvalue weighted by atomic mass is 9.77. The lowest BCUT2D eigenvalue weighted by molar-refractivity contribution is -0.0221. The van der Waals surface area contributed by atoms with E-state index in [1.165, 1.54) is 31.6 Å². The fraction of sp³-hybridized carbons (Fsp3) is 0.700. The molecule has 1 aromatic carbocycles. The van der Waals surface area contributed by atoms with Gasteiger partial charge in [0.1, 0.15) is 0 Å². The van der Waals surface area contributed by atoms with Crippen molar-refractivity contribution < 1.29 is 9.84 Å². The third kappa shape index (κ3) is 3.32. The van der Waals surface area contributed by atoms with Crippen LogP contribution in [-0.4, -0.2) is 55.4 Å². The van der Waals surface area contributed by atoms with Crippen LogP contribution in [0, 0.1) is 0 Å². The molecule has 0 atom stereocenters. The largest absolute Gasteiger partial charge is 0.385 e. The summed E-state index contributed by atoms with van der Waals surface area (Å²) in [4.78, 5) is 5.00. The van der Waals surface area contributed by atoms with Crippen LogP contribution in [0.3, 0.4) is 0 Å². The average Bonchev–Trinajstić information content (AvgIpc) is 3.18. The van der Waals surface area contributed by atoms with E-state index in [0.29, 0.717) is 6.04 Å². The SMILES string of the molecule is OC1(c2ccc(N3CCOCC3)cc2)CCC(N2CCCC2)CC1. The van der Waals surface area contributed by atoms with E-state index >= 15 is 0 Å². The first-order valence-corrected chi connectivity index (χ1v) is 9.64. The van der Waals surface area contributed by atoms with Gasteiger partial charge in [-0.2, -0.15) is 0 Å². The molecule has 2 heterocycles. The van der Waals surface area contributed by atoms with E-state index in [-0.39, 0.29) is 0 Å². The van der Waals surface area contributed by atoms with Crippen molar-refractivity contribution in [3.63, 3.8) is 0 Å². The molecule has 24 heavy (non-hydrogen) atoms. The molecule has 0 amide bonds. The van der Waals surface area contributed by atoms with Gasteiger partial charge in [0.25, 0.3) is 0 Å². The summed E-state index contributed by atoms with van der Waals surface area (Å²) in [7, 11) is 0. The molecule has 2 saturated heterocycles. The van der Waals surface area contributed by atoms with Gasteiger partial charge in [-0.05, 0) is 69.3 Å². The first-order valence-electron chi connectivity index (χ1n) is 9.64. The maximum Gasteiger partial charge on any atom is 0.0897 e. The van der Waals surface area contributed by atoms with Gasteiger partial charge in [-0.25, -0.2) is 0 Å². The molecule has 1 aromatic rings. The van der Waals surface area contributed by atoms with E-state index in [2.05, 4.69) is 34.1 Å². The first-order chi connectivity index (χ1) is 11.7. The molecule has 4 nitrogen and oxygen atoms in total. The molecule has 1 N–H and O–H groups in total. The van der Waals surface area contributed by atoms with Crippen LogP contribution < -0.4 is 4.90 Å². The summed E-state index contributed by atoms with van der Waals surface area (Å²) in [6.45, 7) is 6.06. The third-order valence-corrected chi connectivity index (χ3v) is 6.22. The molecule has 132 valence electrons. The van der Waals surface area contributed by atoms with Crippen LogP contribution in [0.4, 0.5) is 5.69 Å². The maximum absolute atomic E-state index is 11.2. The second-order valence-corrected chi connectivity index (χ2v) is 7.65. The number of aliphatic hydroxyl groups is 1. The number of anilines is 1. The Bertz CT molecular complexity index is 525. The van der Waals surface area contributed by atoms with Crippen LogP contribution in [0.25, 0.3) is 0 Å². The second kappa shape index (κ2) is 7.03. The predicted molar refractivity (Wildman–Crippen MR) is 96.4 cm³/mol. The number of hydrogen-bond donors (Lipinski definition) is 1. The minimum Gasteiger partial charge on any atom is -0.385 e. The molecule has 4 heteroatoms. The van der Waals surface area contributed by atoms with Crippen LogP contribution in [-0.2, 0) is 10.3 Å². The molecular formula is C20H30N2O2. The molecule has 0 bridgehead atoms. The van der Waals surface area contributed by atoms with E-state index in [1.54, 1.807) is 0 Å². The summed E-state index contributed by atoms with van der Waals surface area (Å²) in [5.41, 5.74) is 1.72. The van der Waals surface area contributed by atoms with Crippen molar-refractivity contribution in [2.24, 2.45) is 0 Å². The van der Waals surface area contributed by atoms with Gasteiger partial charge in [-0.3, -0.25) is 0 Å². The van der Waals surface area contributed by atoms with Crippen molar-refractivity contribution in [3.8, 4) is 0 Å². The number of benzene rings is 1. The lowest BCUT2D eigenvalue weighted by Crippen LogP contribution is -2.41. The van der Waals surface area contributed by atoms with Gasteiger partial charge in [0.15, 0.2) is 0 Å². The van der Waals surface area contributed by atoms with Crippen molar-refractivity contribution in [1.82, 2.24) is 4.90 Å². The fourth-order valence-corrected chi connectivity index (χ4v) is 4.64. The molecule has 3 fully saturated rings. The predicted octanol–water partition coefficient (Wildman–Crippen LogP) is 2.75. The van der Waals surface area contributed by atoms with Gasteiger partial charge in [-0.1, -0.05) is 12.1 Å². The zero-order valence-corrected chi connectivity index (χ0v) is 14.6. The first kappa shape index (κ1) is 16.4. The van der Waals surface area contributed by atoms with Crippen LogP contribution in [0.2, 0.25) is 0 Å². The number of morpholine rings is 1. The van der Waals surface area contributed by atoms with Gasteiger partial charge in [0, 0.05) is 24.8 Å². The summed E-state index contributed by atoms with van der Waals surface area (Å²) in [5, 5.41) is 11.2. The zero-order valence-electron chi connectivity index (χ0n) is 14.6. The highest BCUT2D eigenvalue weighted by atomic mass is 16.5. The molecule has 3 aliphatic rings. The Morgan fingerprint density at radius 3 is 2.17 bits per heavy atom. The van der Waals surface area contributed by atoms with E-state index in [9.17, 15) is 5.11 Å². The van der Waals surface area contributed by atoms with E-state index in [4.69, 9.17) is 4.74 Å². The molecule has 1 saturated carbocycles. The number of ether oxygens (including phenoxy) is 1. The Kier molecular flexibility index (Phi) is 4.79. The number of nitrogens with zero attached hydrogens (tertiary/aromatic N) is 2. The van der Waals surface area contributed by atoms with Crippen molar-refractivity contribution >= 4 is 5.69 Å². The summed E-state index contributed by atoms with van der Waals surface area (Å²) in [6.07, 6.45) is 6.74. The van der Waals surface area contributed by atoms with Crippen molar-refractivity contribution in [3.05, 3.63) is 29.8 Å². The molecule has 0 unspecified atom stereocenters. The van der Waals surface area contributed by atoms with E-state index in [0.717, 1.165) is 57.6 Å². The van der Waals surface area contributed by atoms with Gasteiger partial charge in [0.2, 0.25) is 0 Å². The third-order valence-electron chi connectivity index (χ3n) is 6.22. The van der Waals surface area contributed by atoms with Crippen molar-refractivity contribution in [2.75, 3.05) is 44.3 Å². The summed E-state index contributed by atoms with van der Waals surface area (Å²) in [5.74, 6) is 0. The Balaban J connectivity index is 1.39. The monoisotopic (exact) mass is 330 g/mol. The summed E-state index contributed by atoms with van der Waals surface area (Å²) in [6, 6.07) is 9.32. The molecule has 4 rings (SSSR count). The van der Waals surface area contributed by atoms with Gasteiger partial charge >= 0.3 is 0 Å². The van der Waals surface area contributed by atoms with Crippen LogP contribution >= 0.6 is 0 Å². The van der Waals surface area contributed by atoms with E-state index < -0.39 is 5.60 Å². The number of hydrogen-bond acceptors (Lipinski definition) is 4. The van der Waals surface area contributed by atoms with Gasteiger partial charge < -0.3 is 19.6 Å². The Labute approximate surface area is 145 Å². The maximum atomic E-state index is 11.2. The number of rotatable bonds is 3. The number of likely N-dealkylation sites (tertiary alicyclic amines) is 1. The zero-order chi connectivity index (χ0) is 16.4. The molecular weight excluding hydrogens is 300 g/mol. The molecule has 0 radical (unpaired) electrons. The highest BCUT2D eigenvalue weighted by Crippen LogP contribution is 2.39. The van der Waals surface area contributed by atoms with Crippen LogP contribution in [0.5, 0.6) is 0 Å². The lowest BCUT2D eigenvalue weighted by Gasteiger charge is -2.40. The van der Waals surface area contributed by atoms with Crippen LogP contribution in [0.15, 0.2) is 24.3 Å². The smallest absolute Gasteiger partial charge is 0.0897 e. The quantitative estimate of drug-likeness (QED) is 0.924. The van der Waals surface area contributed by atoms with E-state index in [1.807, 2.05) is 0 Å². The normalized spacial score (nSPS) is 32.2.